The second-order valence-electron chi connectivity index (χ2n) is 8.58. The van der Waals surface area contributed by atoms with Crippen LogP contribution in [0.4, 0.5) is 5.69 Å². The molecule has 0 heterocycles. The molecule has 36 heavy (non-hydrogen) atoms. The smallest absolute Gasteiger partial charge is 0.365 e. The molecule has 1 amide bonds. The highest BCUT2D eigenvalue weighted by atomic mass is 32.2. The molecular formula is C28H26N2O5S. The van der Waals surface area contributed by atoms with Crippen LogP contribution in [0.3, 0.4) is 0 Å². The summed E-state index contributed by atoms with van der Waals surface area (Å²) in [7, 11) is 0. The molecule has 0 aromatic heterocycles. The first-order valence-corrected chi connectivity index (χ1v) is 12.5. The van der Waals surface area contributed by atoms with E-state index in [1.54, 1.807) is 24.3 Å². The maximum atomic E-state index is 13.5. The number of hydrogen-bond acceptors (Lipinski definition) is 7. The van der Waals surface area contributed by atoms with E-state index >= 15 is 0 Å². The Kier molecular flexibility index (Phi) is 7.55. The maximum absolute atomic E-state index is 13.5. The highest BCUT2D eigenvalue weighted by Gasteiger charge is 2.36. The maximum Gasteiger partial charge on any atom is 0.365 e. The summed E-state index contributed by atoms with van der Waals surface area (Å²) in [6.07, 6.45) is 2.74. The van der Waals surface area contributed by atoms with E-state index in [2.05, 4.69) is 5.48 Å². The predicted molar refractivity (Wildman–Crippen MR) is 137 cm³/mol. The van der Waals surface area contributed by atoms with Crippen molar-refractivity contribution in [1.82, 2.24) is 5.48 Å². The van der Waals surface area contributed by atoms with Gasteiger partial charge in [0.25, 0.3) is 5.91 Å². The van der Waals surface area contributed by atoms with Crippen molar-refractivity contribution in [2.24, 2.45) is 0 Å². The second-order valence-corrected chi connectivity index (χ2v) is 9.69. The van der Waals surface area contributed by atoms with E-state index in [1.807, 2.05) is 38.1 Å². The number of nitrogen functional groups attached to an aromatic ring is 1. The van der Waals surface area contributed by atoms with Gasteiger partial charge in [-0.3, -0.25) is 14.4 Å². The predicted octanol–water partition coefficient (Wildman–Crippen LogP) is 5.27. The summed E-state index contributed by atoms with van der Waals surface area (Å²) in [5, 5.41) is 0. The molecule has 1 aliphatic rings. The molecule has 0 saturated carbocycles. The molecule has 0 spiro atoms. The van der Waals surface area contributed by atoms with Crippen molar-refractivity contribution < 1.29 is 24.0 Å². The molecule has 0 unspecified atom stereocenters. The standard InChI is InChI=1S/C28H26N2O5S/c1-3-4-5-10-22(31)30-35-28(34)20-15-21(36-17-13-11-16(2)12-14-17)23-24(25(20)29)27(33)19-9-7-6-8-18(19)26(23)32/h6-9,11-15H,3-5,10,29H2,1-2H3,(H,30,31). The minimum absolute atomic E-state index is 0.0305. The van der Waals surface area contributed by atoms with E-state index in [9.17, 15) is 19.2 Å². The van der Waals surface area contributed by atoms with Crippen molar-refractivity contribution in [3.05, 3.63) is 88.0 Å². The molecule has 3 N–H and O–H groups in total. The number of rotatable bonds is 7. The van der Waals surface area contributed by atoms with Gasteiger partial charge < -0.3 is 10.6 Å². The van der Waals surface area contributed by atoms with Crippen LogP contribution in [0, 0.1) is 6.92 Å². The number of amides is 1. The lowest BCUT2D eigenvalue weighted by Gasteiger charge is -2.23. The average Bonchev–Trinajstić information content (AvgIpc) is 2.88. The highest BCUT2D eigenvalue weighted by molar-refractivity contribution is 7.99. The Bertz CT molecular complexity index is 1370. The Morgan fingerprint density at radius 2 is 1.58 bits per heavy atom. The number of carbonyl (C=O) groups is 4. The molecule has 0 atom stereocenters. The minimum atomic E-state index is -0.913. The summed E-state index contributed by atoms with van der Waals surface area (Å²) < 4.78 is 0. The van der Waals surface area contributed by atoms with Gasteiger partial charge in [0.15, 0.2) is 11.6 Å². The van der Waals surface area contributed by atoms with E-state index in [-0.39, 0.29) is 45.7 Å². The first-order chi connectivity index (χ1) is 17.3. The molecule has 0 fully saturated rings. The molecule has 8 heteroatoms. The van der Waals surface area contributed by atoms with Crippen LogP contribution in [0.25, 0.3) is 0 Å². The Morgan fingerprint density at radius 3 is 2.22 bits per heavy atom. The molecule has 0 saturated heterocycles. The zero-order valence-corrected chi connectivity index (χ0v) is 20.9. The molecule has 0 radical (unpaired) electrons. The lowest BCUT2D eigenvalue weighted by molar-refractivity contribution is -0.130. The van der Waals surface area contributed by atoms with Gasteiger partial charge in [-0.15, -0.1) is 0 Å². The van der Waals surface area contributed by atoms with Crippen LogP contribution in [0.2, 0.25) is 0 Å². The van der Waals surface area contributed by atoms with E-state index in [1.165, 1.54) is 17.8 Å². The zero-order valence-electron chi connectivity index (χ0n) is 20.1. The van der Waals surface area contributed by atoms with Crippen molar-refractivity contribution >= 4 is 40.9 Å². The number of carbonyl (C=O) groups excluding carboxylic acids is 4. The van der Waals surface area contributed by atoms with Gasteiger partial charge in [-0.05, 0) is 31.5 Å². The molecule has 3 aromatic carbocycles. The van der Waals surface area contributed by atoms with Gasteiger partial charge >= 0.3 is 5.97 Å². The number of hydrogen-bond donors (Lipinski definition) is 2. The molecular weight excluding hydrogens is 476 g/mol. The minimum Gasteiger partial charge on any atom is -0.397 e. The van der Waals surface area contributed by atoms with Crippen molar-refractivity contribution in [1.29, 1.82) is 0 Å². The van der Waals surface area contributed by atoms with Crippen molar-refractivity contribution in [2.75, 3.05) is 5.73 Å². The van der Waals surface area contributed by atoms with Gasteiger partial charge in [-0.1, -0.05) is 73.5 Å². The number of aryl methyl sites for hydroxylation is 1. The molecule has 0 aliphatic heterocycles. The number of nitrogens with two attached hydrogens (primary N) is 1. The average molecular weight is 503 g/mol. The Morgan fingerprint density at radius 1 is 0.944 bits per heavy atom. The molecule has 184 valence electrons. The number of fused-ring (bicyclic) bond motifs is 2. The Balaban J connectivity index is 1.74. The highest BCUT2D eigenvalue weighted by Crippen LogP contribution is 2.41. The second kappa shape index (κ2) is 10.8. The summed E-state index contributed by atoms with van der Waals surface area (Å²) in [6.45, 7) is 3.98. The normalized spacial score (nSPS) is 12.1. The lowest BCUT2D eigenvalue weighted by Crippen LogP contribution is -2.29. The summed E-state index contributed by atoms with van der Waals surface area (Å²) in [5.41, 5.74) is 9.91. The fourth-order valence-corrected chi connectivity index (χ4v) is 5.01. The fourth-order valence-electron chi connectivity index (χ4n) is 4.01. The summed E-state index contributed by atoms with van der Waals surface area (Å²) in [6, 6.07) is 15.6. The van der Waals surface area contributed by atoms with Crippen LogP contribution in [-0.2, 0) is 9.63 Å². The van der Waals surface area contributed by atoms with E-state index in [0.717, 1.165) is 23.3 Å². The number of ketones is 2. The molecule has 0 bridgehead atoms. The summed E-state index contributed by atoms with van der Waals surface area (Å²) in [5.74, 6) is -2.13. The number of nitrogens with one attached hydrogen (secondary N) is 1. The van der Waals surface area contributed by atoms with Crippen LogP contribution in [0.5, 0.6) is 0 Å². The first kappa shape index (κ1) is 25.2. The SMILES string of the molecule is CCCCCC(=O)NOC(=O)c1cc(Sc2ccc(C)cc2)c2c(c1N)C(=O)c1ccccc1C2=O. The van der Waals surface area contributed by atoms with Crippen LogP contribution < -0.4 is 11.2 Å². The number of anilines is 1. The Labute approximate surface area is 213 Å². The van der Waals surface area contributed by atoms with Crippen molar-refractivity contribution in [3.8, 4) is 0 Å². The molecule has 7 nitrogen and oxygen atoms in total. The van der Waals surface area contributed by atoms with E-state index in [4.69, 9.17) is 10.6 Å². The quantitative estimate of drug-likeness (QED) is 0.201. The number of hydroxylamine groups is 1. The lowest BCUT2D eigenvalue weighted by atomic mass is 9.82. The monoisotopic (exact) mass is 502 g/mol. The number of benzene rings is 3. The van der Waals surface area contributed by atoms with E-state index < -0.39 is 17.7 Å². The van der Waals surface area contributed by atoms with Gasteiger partial charge in [0.2, 0.25) is 0 Å². The van der Waals surface area contributed by atoms with Gasteiger partial charge in [0.05, 0.1) is 16.8 Å². The van der Waals surface area contributed by atoms with E-state index in [0.29, 0.717) is 11.3 Å². The Hall–Kier alpha value is -3.91. The van der Waals surface area contributed by atoms with Gasteiger partial charge in [-0.2, -0.15) is 5.48 Å². The summed E-state index contributed by atoms with van der Waals surface area (Å²) >= 11 is 1.25. The molecule has 4 rings (SSSR count). The van der Waals surface area contributed by atoms with Crippen LogP contribution in [0.15, 0.2) is 64.4 Å². The van der Waals surface area contributed by atoms with Crippen LogP contribution >= 0.6 is 11.8 Å². The summed E-state index contributed by atoms with van der Waals surface area (Å²) in [4.78, 5) is 58.1. The zero-order chi connectivity index (χ0) is 25.8. The van der Waals surface area contributed by atoms with Gasteiger partial charge in [0, 0.05) is 32.9 Å². The first-order valence-electron chi connectivity index (χ1n) is 11.7. The van der Waals surface area contributed by atoms with Crippen LogP contribution in [0.1, 0.15) is 80.4 Å². The topological polar surface area (TPSA) is 116 Å². The van der Waals surface area contributed by atoms with Crippen molar-refractivity contribution in [2.45, 2.75) is 49.3 Å². The van der Waals surface area contributed by atoms with Crippen LogP contribution in [-0.4, -0.2) is 23.4 Å². The third-order valence-corrected chi connectivity index (χ3v) is 6.99. The third-order valence-electron chi connectivity index (χ3n) is 5.94. The molecule has 1 aliphatic carbocycles. The largest absolute Gasteiger partial charge is 0.397 e. The molecule has 3 aromatic rings. The third kappa shape index (κ3) is 5.04. The van der Waals surface area contributed by atoms with Crippen molar-refractivity contribution in [3.63, 3.8) is 0 Å². The van der Waals surface area contributed by atoms with Gasteiger partial charge in [0.1, 0.15) is 0 Å². The number of unbranched alkanes of at least 4 members (excludes halogenated alkanes) is 2. The van der Waals surface area contributed by atoms with Gasteiger partial charge in [-0.25, -0.2) is 4.79 Å². The fraction of sp³-hybridized carbons (Fsp3) is 0.214.